The molecule has 2 amide bonds. The minimum Gasteiger partial charge on any atom is -0.467 e. The molecule has 0 spiro atoms. The summed E-state index contributed by atoms with van der Waals surface area (Å²) in [6, 6.07) is 20.8. The van der Waals surface area contributed by atoms with Gasteiger partial charge in [0.2, 0.25) is 12.2 Å². The fourth-order valence-corrected chi connectivity index (χ4v) is 5.69. The van der Waals surface area contributed by atoms with Gasteiger partial charge in [-0.15, -0.1) is 0 Å². The largest absolute Gasteiger partial charge is 0.467 e. The SMILES string of the molecule is COC(=O)C1CC(OC(C)=O)CC(Oc2ccc(CO)cc2NC(=O)CCNC(=O)OCC2c3ccccc3-c3ccccc32)O1. The van der Waals surface area contributed by atoms with Crippen LogP contribution in [0.2, 0.25) is 0 Å². The Morgan fingerprint density at radius 1 is 0.957 bits per heavy atom. The molecule has 0 bridgehead atoms. The van der Waals surface area contributed by atoms with Crippen LogP contribution >= 0.6 is 0 Å². The van der Waals surface area contributed by atoms with E-state index in [0.29, 0.717) is 5.56 Å². The lowest BCUT2D eigenvalue weighted by molar-refractivity contribution is -0.204. The first-order valence-electron chi connectivity index (χ1n) is 14.9. The highest BCUT2D eigenvalue weighted by Crippen LogP contribution is 2.44. The lowest BCUT2D eigenvalue weighted by atomic mass is 9.98. The van der Waals surface area contributed by atoms with E-state index in [1.54, 1.807) is 12.1 Å². The van der Waals surface area contributed by atoms with E-state index in [1.807, 2.05) is 36.4 Å². The van der Waals surface area contributed by atoms with E-state index < -0.39 is 42.4 Å². The standard InChI is InChI=1S/C34H36N2O10/c1-20(38)44-22-16-30(33(40)42-2)46-32(17-22)45-29-12-11-21(18-37)15-28(29)36-31(39)13-14-35-34(41)43-19-27-25-9-5-3-7-23(25)24-8-4-6-10-26(24)27/h3-12,15,22,27,30,32,37H,13-14,16-19H2,1-2H3,(H,35,41)(H,36,39). The number of ether oxygens (including phenoxy) is 5. The third-order valence-corrected chi connectivity index (χ3v) is 7.77. The number of hydrogen-bond acceptors (Lipinski definition) is 10. The molecule has 3 unspecified atom stereocenters. The highest BCUT2D eigenvalue weighted by Gasteiger charge is 2.37. The van der Waals surface area contributed by atoms with Crippen LogP contribution in [0.5, 0.6) is 5.75 Å². The second-order valence-electron chi connectivity index (χ2n) is 10.9. The van der Waals surface area contributed by atoms with Gasteiger partial charge in [0.25, 0.3) is 0 Å². The zero-order valence-electron chi connectivity index (χ0n) is 25.5. The summed E-state index contributed by atoms with van der Waals surface area (Å²) in [6.07, 6.45) is -3.16. The average Bonchev–Trinajstić information content (AvgIpc) is 3.37. The molecule has 1 heterocycles. The summed E-state index contributed by atoms with van der Waals surface area (Å²) in [4.78, 5) is 49.1. The van der Waals surface area contributed by atoms with Crippen molar-refractivity contribution in [3.05, 3.63) is 83.4 Å². The molecule has 12 heteroatoms. The predicted octanol–water partition coefficient (Wildman–Crippen LogP) is 4.03. The van der Waals surface area contributed by atoms with Gasteiger partial charge < -0.3 is 39.4 Å². The van der Waals surface area contributed by atoms with Gasteiger partial charge in [0.1, 0.15) is 18.5 Å². The Bertz CT molecular complexity index is 1550. The molecule has 1 fully saturated rings. The van der Waals surface area contributed by atoms with Crippen LogP contribution in [0.3, 0.4) is 0 Å². The van der Waals surface area contributed by atoms with E-state index in [4.69, 9.17) is 23.7 Å². The Morgan fingerprint density at radius 3 is 2.30 bits per heavy atom. The lowest BCUT2D eigenvalue weighted by Gasteiger charge is -2.33. The van der Waals surface area contributed by atoms with Crippen LogP contribution in [0.15, 0.2) is 66.7 Å². The van der Waals surface area contributed by atoms with E-state index in [-0.39, 0.29) is 56.4 Å². The van der Waals surface area contributed by atoms with Gasteiger partial charge in [-0.2, -0.15) is 0 Å². The Hall–Kier alpha value is -4.94. The number of aliphatic hydroxyl groups is 1. The molecule has 3 aromatic carbocycles. The van der Waals surface area contributed by atoms with Crippen LogP contribution in [0, 0.1) is 0 Å². The summed E-state index contributed by atoms with van der Waals surface area (Å²) in [7, 11) is 1.22. The maximum absolute atomic E-state index is 12.9. The molecule has 1 aliphatic heterocycles. The minimum atomic E-state index is -1.02. The van der Waals surface area contributed by atoms with Gasteiger partial charge in [-0.3, -0.25) is 9.59 Å². The van der Waals surface area contributed by atoms with E-state index in [1.165, 1.54) is 20.1 Å². The highest BCUT2D eigenvalue weighted by atomic mass is 16.7. The van der Waals surface area contributed by atoms with Crippen LogP contribution in [-0.4, -0.2) is 67.8 Å². The predicted molar refractivity (Wildman–Crippen MR) is 165 cm³/mol. The van der Waals surface area contributed by atoms with Crippen LogP contribution in [0.4, 0.5) is 10.5 Å². The number of anilines is 1. The fourth-order valence-electron chi connectivity index (χ4n) is 5.69. The zero-order chi connectivity index (χ0) is 32.6. The van der Waals surface area contributed by atoms with Crippen molar-refractivity contribution in [1.82, 2.24) is 5.32 Å². The van der Waals surface area contributed by atoms with Gasteiger partial charge in [0.05, 0.1) is 19.4 Å². The van der Waals surface area contributed by atoms with Crippen molar-refractivity contribution in [3.8, 4) is 16.9 Å². The summed E-state index contributed by atoms with van der Waals surface area (Å²) < 4.78 is 27.4. The number of nitrogens with one attached hydrogen (secondary N) is 2. The number of rotatable bonds is 11. The van der Waals surface area contributed by atoms with E-state index >= 15 is 0 Å². The van der Waals surface area contributed by atoms with Crippen molar-refractivity contribution in [3.63, 3.8) is 0 Å². The Kier molecular flexibility index (Phi) is 10.5. The summed E-state index contributed by atoms with van der Waals surface area (Å²) in [5.74, 6) is -1.47. The molecule has 5 rings (SSSR count). The normalized spacial score (nSPS) is 18.5. The first kappa shape index (κ1) is 32.5. The average molecular weight is 633 g/mol. The number of amides is 2. The molecule has 12 nitrogen and oxygen atoms in total. The molecule has 0 saturated carbocycles. The summed E-state index contributed by atoms with van der Waals surface area (Å²) >= 11 is 0. The number of methoxy groups -OCH3 is 1. The van der Waals surface area contributed by atoms with E-state index in [9.17, 15) is 24.3 Å². The van der Waals surface area contributed by atoms with Crippen LogP contribution in [-0.2, 0) is 39.9 Å². The molecule has 242 valence electrons. The maximum Gasteiger partial charge on any atom is 0.407 e. The van der Waals surface area contributed by atoms with Crippen molar-refractivity contribution in [1.29, 1.82) is 0 Å². The third kappa shape index (κ3) is 7.82. The van der Waals surface area contributed by atoms with Crippen molar-refractivity contribution >= 4 is 29.6 Å². The number of fused-ring (bicyclic) bond motifs is 3. The summed E-state index contributed by atoms with van der Waals surface area (Å²) in [5.41, 5.74) is 5.19. The molecule has 0 aromatic heterocycles. The Labute approximate surface area is 265 Å². The van der Waals surface area contributed by atoms with Gasteiger partial charge in [-0.25, -0.2) is 9.59 Å². The zero-order valence-corrected chi connectivity index (χ0v) is 25.5. The monoisotopic (exact) mass is 632 g/mol. The second-order valence-corrected chi connectivity index (χ2v) is 10.9. The van der Waals surface area contributed by atoms with Gasteiger partial charge in [-0.05, 0) is 39.9 Å². The molecule has 1 aliphatic carbocycles. The molecule has 3 aromatic rings. The number of alkyl carbamates (subject to hydrolysis) is 1. The van der Waals surface area contributed by atoms with Crippen molar-refractivity contribution in [2.75, 3.05) is 25.6 Å². The first-order valence-corrected chi connectivity index (χ1v) is 14.9. The van der Waals surface area contributed by atoms with Crippen molar-refractivity contribution in [2.45, 2.75) is 57.2 Å². The molecule has 0 radical (unpaired) electrons. The van der Waals surface area contributed by atoms with Crippen molar-refractivity contribution in [2.24, 2.45) is 0 Å². The van der Waals surface area contributed by atoms with Gasteiger partial charge in [0.15, 0.2) is 6.10 Å². The number of benzene rings is 3. The molecule has 3 atom stereocenters. The third-order valence-electron chi connectivity index (χ3n) is 7.77. The molecule has 3 N–H and O–H groups in total. The molecular formula is C34H36N2O10. The van der Waals surface area contributed by atoms with E-state index in [0.717, 1.165) is 22.3 Å². The van der Waals surface area contributed by atoms with Gasteiger partial charge in [0, 0.05) is 38.6 Å². The fraction of sp³-hybridized carbons (Fsp3) is 0.353. The Balaban J connectivity index is 1.15. The minimum absolute atomic E-state index is 0.00893. The first-order chi connectivity index (χ1) is 22.2. The summed E-state index contributed by atoms with van der Waals surface area (Å²) in [5, 5.41) is 15.0. The topological polar surface area (TPSA) is 159 Å². The second kappa shape index (κ2) is 14.9. The molecule has 2 aliphatic rings. The van der Waals surface area contributed by atoms with Gasteiger partial charge >= 0.3 is 18.0 Å². The van der Waals surface area contributed by atoms with Crippen molar-refractivity contribution < 1.29 is 48.0 Å². The Morgan fingerprint density at radius 2 is 1.65 bits per heavy atom. The number of carbonyl (C=O) groups is 4. The number of hydrogen-bond donors (Lipinski definition) is 3. The lowest BCUT2D eigenvalue weighted by Crippen LogP contribution is -2.44. The molecule has 1 saturated heterocycles. The number of esters is 2. The van der Waals surface area contributed by atoms with Crippen LogP contribution < -0.4 is 15.4 Å². The number of carbonyl (C=O) groups excluding carboxylic acids is 4. The quantitative estimate of drug-likeness (QED) is 0.208. The van der Waals surface area contributed by atoms with Crippen LogP contribution in [0.1, 0.15) is 48.8 Å². The van der Waals surface area contributed by atoms with E-state index in [2.05, 4.69) is 22.8 Å². The number of aliphatic hydroxyl groups excluding tert-OH is 1. The maximum atomic E-state index is 12.9. The smallest absolute Gasteiger partial charge is 0.407 e. The van der Waals surface area contributed by atoms with Gasteiger partial charge in [-0.1, -0.05) is 54.6 Å². The van der Waals surface area contributed by atoms with Crippen LogP contribution in [0.25, 0.3) is 11.1 Å². The summed E-state index contributed by atoms with van der Waals surface area (Å²) in [6.45, 7) is 1.14. The molecule has 46 heavy (non-hydrogen) atoms. The highest BCUT2D eigenvalue weighted by molar-refractivity contribution is 5.92. The molecular weight excluding hydrogens is 596 g/mol.